The quantitative estimate of drug-likeness (QED) is 0.475. The Labute approximate surface area is 150 Å². The summed E-state index contributed by atoms with van der Waals surface area (Å²) in [6.45, 7) is 1.68. The summed E-state index contributed by atoms with van der Waals surface area (Å²) in [6.07, 6.45) is 6.65. The number of likely N-dealkylation sites (N-methyl/N-ethyl adjacent to an activating group) is 1. The highest BCUT2D eigenvalue weighted by molar-refractivity contribution is 5.58. The zero-order valence-electron chi connectivity index (χ0n) is 14.4. The molecule has 9 heteroatoms. The third kappa shape index (κ3) is 4.39. The summed E-state index contributed by atoms with van der Waals surface area (Å²) in [6, 6.07) is 6.30. The van der Waals surface area contributed by atoms with Crippen LogP contribution < -0.4 is 4.74 Å². The minimum absolute atomic E-state index is 0.224. The lowest BCUT2D eigenvalue weighted by molar-refractivity contribution is -0.389. The molecule has 0 N–H and O–H groups in total. The van der Waals surface area contributed by atoms with E-state index in [0.717, 1.165) is 24.3 Å². The summed E-state index contributed by atoms with van der Waals surface area (Å²) in [5.41, 5.74) is 1.62. The highest BCUT2D eigenvalue weighted by Gasteiger charge is 2.09. The summed E-state index contributed by atoms with van der Waals surface area (Å²) >= 11 is 0. The van der Waals surface area contributed by atoms with Gasteiger partial charge < -0.3 is 19.8 Å². The van der Waals surface area contributed by atoms with Gasteiger partial charge in [0, 0.05) is 36.6 Å². The second-order valence-corrected chi connectivity index (χ2v) is 5.88. The predicted molar refractivity (Wildman–Crippen MR) is 95.0 cm³/mol. The molecule has 26 heavy (non-hydrogen) atoms. The molecule has 9 nitrogen and oxygen atoms in total. The van der Waals surface area contributed by atoms with Crippen molar-refractivity contribution in [2.45, 2.75) is 6.54 Å². The molecule has 0 aliphatic heterocycles. The van der Waals surface area contributed by atoms with Crippen molar-refractivity contribution < 1.29 is 9.66 Å². The first-order valence-electron chi connectivity index (χ1n) is 7.93. The zero-order valence-corrected chi connectivity index (χ0v) is 14.4. The van der Waals surface area contributed by atoms with E-state index < -0.39 is 4.92 Å². The topological polar surface area (TPSA) is 99.2 Å². The van der Waals surface area contributed by atoms with E-state index in [9.17, 15) is 10.1 Å². The second-order valence-electron chi connectivity index (χ2n) is 5.88. The Bertz CT molecular complexity index is 892. The van der Waals surface area contributed by atoms with Crippen molar-refractivity contribution in [2.24, 2.45) is 0 Å². The van der Waals surface area contributed by atoms with Gasteiger partial charge in [-0.3, -0.25) is 9.67 Å². The Kier molecular flexibility index (Phi) is 5.18. The van der Waals surface area contributed by atoms with Crippen molar-refractivity contribution in [3.8, 4) is 22.8 Å². The SMILES string of the molecule is CN(C)CCn1cc(-c2cc(Oc3ccc([N+](=O)[O-])nc3)ccn2)cn1. The molecule has 0 unspecified atom stereocenters. The second kappa shape index (κ2) is 7.70. The molecule has 0 amide bonds. The summed E-state index contributed by atoms with van der Waals surface area (Å²) in [7, 11) is 4.03. The van der Waals surface area contributed by atoms with Crippen LogP contribution in [0, 0.1) is 10.1 Å². The molecule has 0 fully saturated rings. The summed E-state index contributed by atoms with van der Waals surface area (Å²) < 4.78 is 7.57. The molecular formula is C17H18N6O3. The fraction of sp³-hybridized carbons (Fsp3) is 0.235. The molecule has 0 saturated heterocycles. The first-order valence-corrected chi connectivity index (χ1v) is 7.93. The Morgan fingerprint density at radius 1 is 1.19 bits per heavy atom. The Hall–Kier alpha value is -3.33. The largest absolute Gasteiger partial charge is 0.453 e. The zero-order chi connectivity index (χ0) is 18.5. The van der Waals surface area contributed by atoms with E-state index in [-0.39, 0.29) is 5.82 Å². The molecule has 3 aromatic rings. The summed E-state index contributed by atoms with van der Waals surface area (Å²) in [4.78, 5) is 20.3. The minimum atomic E-state index is -0.553. The van der Waals surface area contributed by atoms with Gasteiger partial charge >= 0.3 is 5.82 Å². The van der Waals surface area contributed by atoms with Crippen LogP contribution in [0.15, 0.2) is 49.1 Å². The van der Waals surface area contributed by atoms with Gasteiger partial charge in [-0.2, -0.15) is 5.10 Å². The van der Waals surface area contributed by atoms with E-state index in [0.29, 0.717) is 11.5 Å². The number of nitro groups is 1. The third-order valence-corrected chi connectivity index (χ3v) is 3.58. The molecule has 134 valence electrons. The molecular weight excluding hydrogens is 336 g/mol. The van der Waals surface area contributed by atoms with Crippen molar-refractivity contribution in [1.82, 2.24) is 24.6 Å². The standard InChI is InChI=1S/C17H18N6O3/c1-21(2)7-8-22-12-13(10-20-22)16-9-14(5-6-18-16)26-15-3-4-17(19-11-15)23(24)25/h3-6,9-12H,7-8H2,1-2H3. The van der Waals surface area contributed by atoms with Crippen molar-refractivity contribution in [3.05, 3.63) is 59.2 Å². The number of hydrogen-bond acceptors (Lipinski definition) is 7. The van der Waals surface area contributed by atoms with E-state index in [1.807, 2.05) is 25.0 Å². The van der Waals surface area contributed by atoms with Crippen LogP contribution in [0.4, 0.5) is 5.82 Å². The normalized spacial score (nSPS) is 10.9. The van der Waals surface area contributed by atoms with Gasteiger partial charge in [-0.1, -0.05) is 0 Å². The Morgan fingerprint density at radius 2 is 2.04 bits per heavy atom. The van der Waals surface area contributed by atoms with Crippen molar-refractivity contribution in [2.75, 3.05) is 20.6 Å². The van der Waals surface area contributed by atoms with Crippen molar-refractivity contribution >= 4 is 5.82 Å². The van der Waals surface area contributed by atoms with Crippen LogP contribution in [0.25, 0.3) is 11.3 Å². The molecule has 3 rings (SSSR count). The molecule has 0 bridgehead atoms. The number of hydrogen-bond donors (Lipinski definition) is 0. The first-order chi connectivity index (χ1) is 12.5. The number of rotatable bonds is 7. The predicted octanol–water partition coefficient (Wildman–Crippen LogP) is 2.60. The maximum atomic E-state index is 10.6. The maximum Gasteiger partial charge on any atom is 0.363 e. The fourth-order valence-corrected chi connectivity index (χ4v) is 2.23. The molecule has 0 radical (unpaired) electrons. The van der Waals surface area contributed by atoms with E-state index in [2.05, 4.69) is 20.0 Å². The average molecular weight is 354 g/mol. The highest BCUT2D eigenvalue weighted by atomic mass is 16.6. The van der Waals surface area contributed by atoms with E-state index in [1.54, 1.807) is 24.5 Å². The van der Waals surface area contributed by atoms with Gasteiger partial charge in [-0.05, 0) is 36.1 Å². The van der Waals surface area contributed by atoms with Gasteiger partial charge in [0.2, 0.25) is 0 Å². The van der Waals surface area contributed by atoms with Crippen LogP contribution >= 0.6 is 0 Å². The number of aromatic nitrogens is 4. The van der Waals surface area contributed by atoms with E-state index in [4.69, 9.17) is 4.74 Å². The van der Waals surface area contributed by atoms with Crippen LogP contribution in [0.2, 0.25) is 0 Å². The Balaban J connectivity index is 1.73. The third-order valence-electron chi connectivity index (χ3n) is 3.58. The van der Waals surface area contributed by atoms with Gasteiger partial charge in [0.15, 0.2) is 11.9 Å². The molecule has 0 saturated carbocycles. The summed E-state index contributed by atoms with van der Waals surface area (Å²) in [5.74, 6) is 0.749. The molecule has 0 aromatic carbocycles. The van der Waals surface area contributed by atoms with Crippen molar-refractivity contribution in [1.29, 1.82) is 0 Å². The van der Waals surface area contributed by atoms with Crippen LogP contribution in [0.5, 0.6) is 11.5 Å². The monoisotopic (exact) mass is 354 g/mol. The minimum Gasteiger partial charge on any atom is -0.453 e. The first kappa shape index (κ1) is 17.5. The van der Waals surface area contributed by atoms with Crippen LogP contribution in [0.1, 0.15) is 0 Å². The van der Waals surface area contributed by atoms with E-state index in [1.165, 1.54) is 18.3 Å². The van der Waals surface area contributed by atoms with Crippen LogP contribution in [-0.2, 0) is 6.54 Å². The molecule has 0 aliphatic rings. The van der Waals surface area contributed by atoms with Crippen LogP contribution in [0.3, 0.4) is 0 Å². The molecule has 0 atom stereocenters. The smallest absolute Gasteiger partial charge is 0.363 e. The molecule has 0 aliphatic carbocycles. The number of pyridine rings is 2. The number of nitrogens with zero attached hydrogens (tertiary/aromatic N) is 6. The fourth-order valence-electron chi connectivity index (χ4n) is 2.23. The van der Waals surface area contributed by atoms with Gasteiger partial charge in [0.25, 0.3) is 0 Å². The maximum absolute atomic E-state index is 10.6. The lowest BCUT2D eigenvalue weighted by Crippen LogP contribution is -2.18. The lowest BCUT2D eigenvalue weighted by Gasteiger charge is -2.08. The highest BCUT2D eigenvalue weighted by Crippen LogP contribution is 2.25. The Morgan fingerprint density at radius 3 is 2.73 bits per heavy atom. The summed E-state index contributed by atoms with van der Waals surface area (Å²) in [5, 5.41) is 15.0. The lowest BCUT2D eigenvalue weighted by atomic mass is 10.2. The number of ether oxygens (including phenoxy) is 1. The molecule has 3 aromatic heterocycles. The van der Waals surface area contributed by atoms with E-state index >= 15 is 0 Å². The van der Waals surface area contributed by atoms with Gasteiger partial charge in [0.05, 0.1) is 18.4 Å². The van der Waals surface area contributed by atoms with Crippen molar-refractivity contribution in [3.63, 3.8) is 0 Å². The van der Waals surface area contributed by atoms with Gasteiger partial charge in [0.1, 0.15) is 5.75 Å². The molecule has 3 heterocycles. The van der Waals surface area contributed by atoms with Gasteiger partial charge in [-0.25, -0.2) is 0 Å². The van der Waals surface area contributed by atoms with Crippen LogP contribution in [-0.4, -0.2) is 50.2 Å². The molecule has 0 spiro atoms. The average Bonchev–Trinajstić information content (AvgIpc) is 3.10. The van der Waals surface area contributed by atoms with Gasteiger partial charge in [-0.15, -0.1) is 0 Å².